The third-order valence-electron chi connectivity index (χ3n) is 7.40. The Morgan fingerprint density at radius 1 is 0.343 bits per heavy atom. The first-order valence-electron chi connectivity index (χ1n) is 11.3. The van der Waals surface area contributed by atoms with Crippen molar-refractivity contribution in [1.82, 2.24) is 0 Å². The summed E-state index contributed by atoms with van der Waals surface area (Å²) in [5, 5.41) is 52.3. The van der Waals surface area contributed by atoms with Crippen molar-refractivity contribution in [2.24, 2.45) is 0 Å². The fourth-order valence-corrected chi connectivity index (χ4v) is 5.94. The van der Waals surface area contributed by atoms with Crippen molar-refractivity contribution in [2.75, 3.05) is 0 Å². The summed E-state index contributed by atoms with van der Waals surface area (Å²) in [7, 11) is 0. The lowest BCUT2D eigenvalue weighted by atomic mass is 9.87. The van der Waals surface area contributed by atoms with Gasteiger partial charge in [0.15, 0.2) is 0 Å². The van der Waals surface area contributed by atoms with Crippen molar-refractivity contribution < 1.29 is 24.8 Å². The number of rotatable bonds is 0. The molecule has 0 fully saturated rings. The Hall–Kier alpha value is -4.90. The summed E-state index contributed by atoms with van der Waals surface area (Å²) in [5.74, 6) is -0.179. The highest BCUT2D eigenvalue weighted by Crippen LogP contribution is 2.57. The minimum Gasteiger partial charge on any atom is -0.507 e. The summed E-state index contributed by atoms with van der Waals surface area (Å²) in [6.07, 6.45) is 0. The van der Waals surface area contributed by atoms with E-state index in [4.69, 9.17) is 4.42 Å². The highest BCUT2D eigenvalue weighted by molar-refractivity contribution is 6.44. The van der Waals surface area contributed by atoms with Gasteiger partial charge in [-0.3, -0.25) is 0 Å². The fraction of sp³-hybridized carbons (Fsp3) is 0. The summed E-state index contributed by atoms with van der Waals surface area (Å²) in [4.78, 5) is 0. The van der Waals surface area contributed by atoms with Gasteiger partial charge < -0.3 is 24.8 Å². The van der Waals surface area contributed by atoms with E-state index >= 15 is 0 Å². The zero-order valence-corrected chi connectivity index (χ0v) is 18.1. The molecule has 35 heavy (non-hydrogen) atoms. The van der Waals surface area contributed by atoms with Gasteiger partial charge in [0.2, 0.25) is 0 Å². The normalized spacial score (nSPS) is 12.5. The molecule has 0 aliphatic carbocycles. The average molecular weight is 456 g/mol. The lowest BCUT2D eigenvalue weighted by Gasteiger charge is -2.17. The van der Waals surface area contributed by atoms with Gasteiger partial charge in [-0.1, -0.05) is 72.8 Å². The molecule has 0 unspecified atom stereocenters. The Morgan fingerprint density at radius 2 is 0.600 bits per heavy atom. The predicted octanol–water partition coefficient (Wildman–Crippen LogP) is 7.61. The van der Waals surface area contributed by atoms with E-state index in [1.54, 1.807) is 36.4 Å². The van der Waals surface area contributed by atoms with Crippen molar-refractivity contribution in [3.05, 3.63) is 72.8 Å². The molecule has 1 heterocycles. The molecule has 0 saturated carbocycles. The fourth-order valence-electron chi connectivity index (χ4n) is 5.94. The van der Waals surface area contributed by atoms with Gasteiger partial charge in [0.05, 0.1) is 0 Å². The first-order chi connectivity index (χ1) is 17.1. The van der Waals surface area contributed by atoms with Crippen molar-refractivity contribution in [3.63, 3.8) is 0 Å². The van der Waals surface area contributed by atoms with Crippen LogP contribution in [0.5, 0.6) is 23.0 Å². The zero-order valence-electron chi connectivity index (χ0n) is 18.1. The predicted molar refractivity (Wildman–Crippen MR) is 139 cm³/mol. The molecule has 8 aromatic rings. The third kappa shape index (κ3) is 1.97. The first-order valence-corrected chi connectivity index (χ1v) is 11.3. The van der Waals surface area contributed by atoms with Crippen molar-refractivity contribution >= 4 is 75.8 Å². The minimum atomic E-state index is -0.0761. The van der Waals surface area contributed by atoms with Crippen LogP contribution in [0.3, 0.4) is 0 Å². The Bertz CT molecular complexity index is 2050. The van der Waals surface area contributed by atoms with E-state index in [2.05, 4.69) is 0 Å². The van der Waals surface area contributed by atoms with Crippen LogP contribution in [-0.2, 0) is 0 Å². The smallest absolute Gasteiger partial charge is 0.144 e. The lowest BCUT2D eigenvalue weighted by Crippen LogP contribution is -1.89. The molecule has 5 nitrogen and oxygen atoms in total. The van der Waals surface area contributed by atoms with E-state index in [0.717, 1.165) is 10.8 Å². The standard InChI is InChI=1S/C30H16O5/c31-25-13-7-1-2-8-14(13)26(32)20-19(25)21-23-24-22(20)28(34)16-10-4-6-12-18(16)30(24)35-29(23)17-11-5-3-9-15(17)27(21)33/h1-12,31-34H. The van der Waals surface area contributed by atoms with Gasteiger partial charge >= 0.3 is 0 Å². The van der Waals surface area contributed by atoms with E-state index in [0.29, 0.717) is 54.3 Å². The van der Waals surface area contributed by atoms with Gasteiger partial charge in [-0.15, -0.1) is 0 Å². The van der Waals surface area contributed by atoms with Gasteiger partial charge in [0, 0.05) is 64.6 Å². The SMILES string of the molecule is Oc1c2ccccc2c(O)c2c1c1c(O)c3ccccc3c3oc4c5ccccc5c(O)c2c4c31. The quantitative estimate of drug-likeness (QED) is 0.107. The van der Waals surface area contributed by atoms with Crippen LogP contribution >= 0.6 is 0 Å². The number of phenolic OH excluding ortho intramolecular Hbond substituents is 4. The molecule has 0 spiro atoms. The van der Waals surface area contributed by atoms with Crippen molar-refractivity contribution in [3.8, 4) is 23.0 Å². The number of furan rings is 1. The largest absolute Gasteiger partial charge is 0.507 e. The number of hydrogen-bond donors (Lipinski definition) is 4. The molecule has 7 aromatic carbocycles. The minimum absolute atomic E-state index is 0.0136. The maximum absolute atomic E-state index is 11.6. The average Bonchev–Trinajstić information content (AvgIpc) is 3.30. The second-order valence-electron chi connectivity index (χ2n) is 9.04. The molecule has 0 radical (unpaired) electrons. The molecule has 0 saturated heterocycles. The van der Waals surface area contributed by atoms with Gasteiger partial charge in [-0.05, 0) is 0 Å². The highest BCUT2D eigenvalue weighted by atomic mass is 16.3. The topological polar surface area (TPSA) is 94.1 Å². The maximum atomic E-state index is 11.6. The zero-order chi connectivity index (χ0) is 23.6. The van der Waals surface area contributed by atoms with E-state index in [-0.39, 0.29) is 33.8 Å². The van der Waals surface area contributed by atoms with E-state index < -0.39 is 0 Å². The van der Waals surface area contributed by atoms with Crippen molar-refractivity contribution in [2.45, 2.75) is 0 Å². The van der Waals surface area contributed by atoms with Gasteiger partial charge in [0.25, 0.3) is 0 Å². The van der Waals surface area contributed by atoms with Gasteiger partial charge in [-0.2, -0.15) is 0 Å². The number of aromatic hydroxyl groups is 4. The van der Waals surface area contributed by atoms with Crippen LogP contribution in [0.2, 0.25) is 0 Å². The second kappa shape index (κ2) is 5.96. The molecule has 8 rings (SSSR count). The van der Waals surface area contributed by atoms with Crippen LogP contribution in [0.25, 0.3) is 75.8 Å². The molecule has 4 N–H and O–H groups in total. The van der Waals surface area contributed by atoms with Crippen LogP contribution in [0.4, 0.5) is 0 Å². The first kappa shape index (κ1) is 18.5. The Balaban J connectivity index is 1.89. The van der Waals surface area contributed by atoms with E-state index in [1.807, 2.05) is 36.4 Å². The Morgan fingerprint density at radius 3 is 0.943 bits per heavy atom. The summed E-state index contributed by atoms with van der Waals surface area (Å²) in [5.41, 5.74) is 1.11. The Labute approximate surface area is 196 Å². The summed E-state index contributed by atoms with van der Waals surface area (Å²) >= 11 is 0. The molecule has 0 amide bonds. The summed E-state index contributed by atoms with van der Waals surface area (Å²) < 4.78 is 6.51. The molecular formula is C30H16O5. The van der Waals surface area contributed by atoms with Crippen LogP contribution in [0, 0.1) is 0 Å². The lowest BCUT2D eigenvalue weighted by molar-refractivity contribution is 0.476. The molecular weight excluding hydrogens is 440 g/mol. The molecule has 1 aromatic heterocycles. The highest BCUT2D eigenvalue weighted by Gasteiger charge is 2.30. The molecule has 166 valence electrons. The van der Waals surface area contributed by atoms with Crippen LogP contribution < -0.4 is 0 Å². The number of benzene rings is 7. The molecule has 0 bridgehead atoms. The molecule has 0 aliphatic heterocycles. The van der Waals surface area contributed by atoms with E-state index in [9.17, 15) is 20.4 Å². The van der Waals surface area contributed by atoms with E-state index in [1.165, 1.54) is 0 Å². The van der Waals surface area contributed by atoms with Crippen molar-refractivity contribution in [1.29, 1.82) is 0 Å². The molecule has 0 aliphatic rings. The van der Waals surface area contributed by atoms with Crippen LogP contribution in [0.15, 0.2) is 77.2 Å². The van der Waals surface area contributed by atoms with Gasteiger partial charge in [-0.25, -0.2) is 0 Å². The van der Waals surface area contributed by atoms with Crippen LogP contribution in [0.1, 0.15) is 0 Å². The second-order valence-corrected chi connectivity index (χ2v) is 9.04. The third-order valence-corrected chi connectivity index (χ3v) is 7.40. The van der Waals surface area contributed by atoms with Crippen LogP contribution in [-0.4, -0.2) is 20.4 Å². The number of hydrogen-bond acceptors (Lipinski definition) is 5. The summed E-state index contributed by atoms with van der Waals surface area (Å²) in [6.45, 7) is 0. The monoisotopic (exact) mass is 456 g/mol. The maximum Gasteiger partial charge on any atom is 0.144 e. The molecule has 0 atom stereocenters. The number of fused-ring (bicyclic) bond motifs is 8. The Kier molecular flexibility index (Phi) is 3.15. The number of phenols is 4. The summed E-state index contributed by atoms with van der Waals surface area (Å²) in [6, 6.07) is 21.8. The van der Waals surface area contributed by atoms with Gasteiger partial charge in [0.1, 0.15) is 34.2 Å². The molecule has 5 heteroatoms.